The second-order valence-corrected chi connectivity index (χ2v) is 5.25. The van der Waals surface area contributed by atoms with Crippen molar-refractivity contribution in [3.63, 3.8) is 0 Å². The number of carbonyl (C=O) groups excluding carboxylic acids is 1. The molecule has 0 aliphatic heterocycles. The molecule has 0 amide bonds. The summed E-state index contributed by atoms with van der Waals surface area (Å²) in [5.74, 6) is 1.23. The van der Waals surface area contributed by atoms with Gasteiger partial charge in [-0.15, -0.1) is 0 Å². The van der Waals surface area contributed by atoms with Crippen LogP contribution in [0.2, 0.25) is 0 Å². The lowest BCUT2D eigenvalue weighted by molar-refractivity contribution is 0.101. The molecule has 0 bridgehead atoms. The van der Waals surface area contributed by atoms with Crippen molar-refractivity contribution in [3.8, 4) is 17.6 Å². The maximum Gasteiger partial charge on any atom is 0.159 e. The van der Waals surface area contributed by atoms with E-state index in [0.717, 1.165) is 5.56 Å². The van der Waals surface area contributed by atoms with Crippen LogP contribution in [0.4, 0.5) is 0 Å². The normalized spacial score (nSPS) is 9.90. The van der Waals surface area contributed by atoms with E-state index in [2.05, 4.69) is 22.0 Å². The Hall–Kier alpha value is -2.12. The zero-order valence-electron chi connectivity index (χ0n) is 11.1. The van der Waals surface area contributed by atoms with E-state index in [9.17, 15) is 4.79 Å². The van der Waals surface area contributed by atoms with Crippen LogP contribution in [-0.2, 0) is 0 Å². The molecule has 3 nitrogen and oxygen atoms in total. The van der Waals surface area contributed by atoms with Crippen molar-refractivity contribution in [2.45, 2.75) is 13.8 Å². The summed E-state index contributed by atoms with van der Waals surface area (Å²) < 4.78 is 6.51. The average molecular weight is 330 g/mol. The molecule has 2 rings (SSSR count). The van der Waals surface area contributed by atoms with Gasteiger partial charge in [-0.3, -0.25) is 4.79 Å². The smallest absolute Gasteiger partial charge is 0.159 e. The first-order chi connectivity index (χ1) is 9.51. The van der Waals surface area contributed by atoms with Crippen LogP contribution in [0.5, 0.6) is 11.5 Å². The summed E-state index contributed by atoms with van der Waals surface area (Å²) in [6.45, 7) is 3.43. The molecule has 0 radical (unpaired) electrons. The molecule has 2 aromatic carbocycles. The van der Waals surface area contributed by atoms with Gasteiger partial charge in [0.2, 0.25) is 0 Å². The molecule has 0 atom stereocenters. The van der Waals surface area contributed by atoms with Crippen molar-refractivity contribution in [1.29, 1.82) is 5.26 Å². The van der Waals surface area contributed by atoms with Gasteiger partial charge < -0.3 is 4.74 Å². The predicted octanol–water partition coefficient (Wildman–Crippen LogP) is 4.62. The molecule has 0 aliphatic rings. The Kier molecular flexibility index (Phi) is 4.21. The van der Waals surface area contributed by atoms with E-state index in [1.54, 1.807) is 30.3 Å². The monoisotopic (exact) mass is 329 g/mol. The summed E-state index contributed by atoms with van der Waals surface area (Å²) in [4.78, 5) is 11.3. The van der Waals surface area contributed by atoms with Gasteiger partial charge in [0, 0.05) is 5.56 Å². The van der Waals surface area contributed by atoms with E-state index < -0.39 is 0 Å². The number of halogens is 1. The molecule has 0 N–H and O–H groups in total. The maximum atomic E-state index is 11.3. The van der Waals surface area contributed by atoms with Gasteiger partial charge in [-0.05, 0) is 65.7 Å². The van der Waals surface area contributed by atoms with E-state index in [0.29, 0.717) is 27.1 Å². The number of hydrogen-bond acceptors (Lipinski definition) is 3. The third-order valence-corrected chi connectivity index (χ3v) is 3.50. The van der Waals surface area contributed by atoms with Gasteiger partial charge in [-0.1, -0.05) is 6.07 Å². The van der Waals surface area contributed by atoms with Gasteiger partial charge in [-0.25, -0.2) is 0 Å². The number of aryl methyl sites for hydroxylation is 1. The second-order valence-electron chi connectivity index (χ2n) is 4.40. The number of nitriles is 1. The highest BCUT2D eigenvalue weighted by atomic mass is 79.9. The number of rotatable bonds is 3. The van der Waals surface area contributed by atoms with Gasteiger partial charge >= 0.3 is 0 Å². The Labute approximate surface area is 125 Å². The molecule has 0 unspecified atom stereocenters. The van der Waals surface area contributed by atoms with Gasteiger partial charge in [-0.2, -0.15) is 5.26 Å². The quantitative estimate of drug-likeness (QED) is 0.771. The van der Waals surface area contributed by atoms with Crippen molar-refractivity contribution in [2.24, 2.45) is 0 Å². The van der Waals surface area contributed by atoms with Crippen LogP contribution in [0.15, 0.2) is 40.9 Å². The summed E-state index contributed by atoms with van der Waals surface area (Å²) in [5.41, 5.74) is 2.10. The fourth-order valence-electron chi connectivity index (χ4n) is 1.70. The van der Waals surface area contributed by atoms with Crippen LogP contribution in [0.3, 0.4) is 0 Å². The van der Waals surface area contributed by atoms with Crippen LogP contribution in [0.1, 0.15) is 28.4 Å². The molecular weight excluding hydrogens is 318 g/mol. The molecule has 20 heavy (non-hydrogen) atoms. The highest BCUT2D eigenvalue weighted by Crippen LogP contribution is 2.32. The zero-order valence-corrected chi connectivity index (χ0v) is 12.7. The molecule has 0 spiro atoms. The van der Waals surface area contributed by atoms with E-state index >= 15 is 0 Å². The molecular formula is C16H12BrNO2. The fourth-order valence-corrected chi connectivity index (χ4v) is 2.16. The standard InChI is InChI=1S/C16H12BrNO2/c1-10-3-4-12(9-18)7-16(10)20-15-6-5-13(11(2)19)8-14(15)17/h3-8H,1-2H3. The van der Waals surface area contributed by atoms with Crippen molar-refractivity contribution in [1.82, 2.24) is 0 Å². The first-order valence-corrected chi connectivity index (χ1v) is 6.79. The Morgan fingerprint density at radius 1 is 1.20 bits per heavy atom. The van der Waals surface area contributed by atoms with E-state index in [-0.39, 0.29) is 5.78 Å². The van der Waals surface area contributed by atoms with E-state index in [1.165, 1.54) is 6.92 Å². The van der Waals surface area contributed by atoms with Gasteiger partial charge in [0.05, 0.1) is 16.1 Å². The largest absolute Gasteiger partial charge is 0.456 e. The molecule has 100 valence electrons. The minimum absolute atomic E-state index is 0.0000848. The third kappa shape index (κ3) is 3.06. The zero-order chi connectivity index (χ0) is 14.7. The number of Topliss-reactive ketones (excluding diaryl/α,β-unsaturated/α-hetero) is 1. The molecule has 2 aromatic rings. The molecule has 0 fully saturated rings. The lowest BCUT2D eigenvalue weighted by Gasteiger charge is -2.11. The topological polar surface area (TPSA) is 50.1 Å². The van der Waals surface area contributed by atoms with Crippen molar-refractivity contribution in [2.75, 3.05) is 0 Å². The number of ketones is 1. The Bertz CT molecular complexity index is 717. The summed E-state index contributed by atoms with van der Waals surface area (Å²) in [6, 6.07) is 12.5. The average Bonchev–Trinajstić information content (AvgIpc) is 2.43. The van der Waals surface area contributed by atoms with Crippen LogP contribution in [0, 0.1) is 18.3 Å². The number of carbonyl (C=O) groups is 1. The van der Waals surface area contributed by atoms with Crippen LogP contribution in [0.25, 0.3) is 0 Å². The van der Waals surface area contributed by atoms with Crippen molar-refractivity contribution < 1.29 is 9.53 Å². The minimum atomic E-state index is -0.0000848. The predicted molar refractivity (Wildman–Crippen MR) is 80.1 cm³/mol. The number of nitrogens with zero attached hydrogens (tertiary/aromatic N) is 1. The molecule has 0 aromatic heterocycles. The number of benzene rings is 2. The van der Waals surface area contributed by atoms with E-state index in [4.69, 9.17) is 10.00 Å². The first-order valence-electron chi connectivity index (χ1n) is 6.00. The lowest BCUT2D eigenvalue weighted by atomic mass is 10.1. The highest BCUT2D eigenvalue weighted by molar-refractivity contribution is 9.10. The Balaban J connectivity index is 2.35. The summed E-state index contributed by atoms with van der Waals surface area (Å²) in [5, 5.41) is 8.92. The Morgan fingerprint density at radius 2 is 1.95 bits per heavy atom. The lowest BCUT2D eigenvalue weighted by Crippen LogP contribution is -1.94. The molecule has 0 heterocycles. The summed E-state index contributed by atoms with van der Waals surface area (Å²) in [6.07, 6.45) is 0. The van der Waals surface area contributed by atoms with Crippen molar-refractivity contribution in [3.05, 3.63) is 57.6 Å². The number of hydrogen-bond donors (Lipinski definition) is 0. The summed E-state index contributed by atoms with van der Waals surface area (Å²) in [7, 11) is 0. The first kappa shape index (κ1) is 14.3. The minimum Gasteiger partial charge on any atom is -0.456 e. The van der Waals surface area contributed by atoms with Crippen LogP contribution >= 0.6 is 15.9 Å². The van der Waals surface area contributed by atoms with E-state index in [1.807, 2.05) is 13.0 Å². The Morgan fingerprint density at radius 3 is 2.55 bits per heavy atom. The molecule has 0 saturated carbocycles. The fraction of sp³-hybridized carbons (Fsp3) is 0.125. The SMILES string of the molecule is CC(=O)c1ccc(Oc2cc(C#N)ccc2C)c(Br)c1. The summed E-state index contributed by atoms with van der Waals surface area (Å²) >= 11 is 3.39. The van der Waals surface area contributed by atoms with Gasteiger partial charge in [0.25, 0.3) is 0 Å². The van der Waals surface area contributed by atoms with Crippen LogP contribution < -0.4 is 4.74 Å². The third-order valence-electron chi connectivity index (χ3n) is 2.88. The molecule has 4 heteroatoms. The molecule has 0 saturated heterocycles. The molecule has 0 aliphatic carbocycles. The van der Waals surface area contributed by atoms with Crippen LogP contribution in [-0.4, -0.2) is 5.78 Å². The maximum absolute atomic E-state index is 11.3. The van der Waals surface area contributed by atoms with Gasteiger partial charge in [0.1, 0.15) is 11.5 Å². The number of ether oxygens (including phenoxy) is 1. The van der Waals surface area contributed by atoms with Crippen molar-refractivity contribution >= 4 is 21.7 Å². The second kappa shape index (κ2) is 5.89. The van der Waals surface area contributed by atoms with Gasteiger partial charge in [0.15, 0.2) is 5.78 Å². The highest BCUT2D eigenvalue weighted by Gasteiger charge is 2.09.